The minimum Gasteiger partial charge on any atom is -0.480 e. The lowest BCUT2D eigenvalue weighted by atomic mass is 10.1. The summed E-state index contributed by atoms with van der Waals surface area (Å²) in [6.07, 6.45) is 2.55. The SMILES string of the molecule is CN1CCCC1CC(=O)NCC(=O)O. The third-order valence-electron chi connectivity index (χ3n) is 2.53. The maximum Gasteiger partial charge on any atom is 0.322 e. The van der Waals surface area contributed by atoms with Gasteiger partial charge in [-0.25, -0.2) is 0 Å². The van der Waals surface area contributed by atoms with E-state index in [9.17, 15) is 9.59 Å². The number of aliphatic carboxylic acids is 1. The molecular weight excluding hydrogens is 184 g/mol. The number of hydrogen-bond acceptors (Lipinski definition) is 3. The molecule has 0 aromatic heterocycles. The Morgan fingerprint density at radius 1 is 1.57 bits per heavy atom. The van der Waals surface area contributed by atoms with Crippen LogP contribution in [-0.2, 0) is 9.59 Å². The van der Waals surface area contributed by atoms with E-state index in [-0.39, 0.29) is 18.5 Å². The topological polar surface area (TPSA) is 69.6 Å². The third-order valence-corrected chi connectivity index (χ3v) is 2.53. The molecule has 1 aliphatic heterocycles. The Labute approximate surface area is 83.1 Å². The minimum atomic E-state index is -1.00. The zero-order valence-corrected chi connectivity index (χ0v) is 8.32. The molecule has 5 nitrogen and oxygen atoms in total. The average Bonchev–Trinajstić information content (AvgIpc) is 2.49. The second-order valence-electron chi connectivity index (χ2n) is 3.65. The normalized spacial score (nSPS) is 22.2. The van der Waals surface area contributed by atoms with Crippen molar-refractivity contribution in [1.29, 1.82) is 0 Å². The fourth-order valence-electron chi connectivity index (χ4n) is 1.70. The Hall–Kier alpha value is -1.10. The molecule has 2 N–H and O–H groups in total. The van der Waals surface area contributed by atoms with Gasteiger partial charge in [0.25, 0.3) is 0 Å². The fourth-order valence-corrected chi connectivity index (χ4v) is 1.70. The maximum absolute atomic E-state index is 11.2. The van der Waals surface area contributed by atoms with Crippen molar-refractivity contribution >= 4 is 11.9 Å². The standard InChI is InChI=1S/C9H16N2O3/c1-11-4-2-3-7(11)5-8(12)10-6-9(13)14/h7H,2-6H2,1H3,(H,10,12)(H,13,14). The summed E-state index contributed by atoms with van der Waals surface area (Å²) in [7, 11) is 1.99. The second kappa shape index (κ2) is 4.95. The van der Waals surface area contributed by atoms with E-state index in [1.165, 1.54) is 0 Å². The maximum atomic E-state index is 11.2. The third kappa shape index (κ3) is 3.33. The van der Waals surface area contributed by atoms with Crippen molar-refractivity contribution in [2.75, 3.05) is 20.1 Å². The number of likely N-dealkylation sites (tertiary alicyclic amines) is 1. The molecule has 1 heterocycles. The van der Waals surface area contributed by atoms with Crippen LogP contribution >= 0.6 is 0 Å². The lowest BCUT2D eigenvalue weighted by Gasteiger charge is -2.18. The van der Waals surface area contributed by atoms with Crippen LogP contribution in [0.4, 0.5) is 0 Å². The highest BCUT2D eigenvalue weighted by atomic mass is 16.4. The Kier molecular flexibility index (Phi) is 3.88. The number of nitrogens with zero attached hydrogens (tertiary/aromatic N) is 1. The molecule has 0 aromatic rings. The molecule has 0 saturated carbocycles. The van der Waals surface area contributed by atoms with Gasteiger partial charge < -0.3 is 15.3 Å². The fraction of sp³-hybridized carbons (Fsp3) is 0.778. The Morgan fingerprint density at radius 3 is 2.79 bits per heavy atom. The summed E-state index contributed by atoms with van der Waals surface area (Å²) in [4.78, 5) is 23.6. The van der Waals surface area contributed by atoms with Gasteiger partial charge in [-0.2, -0.15) is 0 Å². The van der Waals surface area contributed by atoms with Crippen molar-refractivity contribution in [1.82, 2.24) is 10.2 Å². The monoisotopic (exact) mass is 200 g/mol. The first-order chi connectivity index (χ1) is 6.59. The smallest absolute Gasteiger partial charge is 0.322 e. The van der Waals surface area contributed by atoms with E-state index in [0.717, 1.165) is 19.4 Å². The van der Waals surface area contributed by atoms with Crippen LogP contribution in [0, 0.1) is 0 Å². The van der Waals surface area contributed by atoms with Gasteiger partial charge >= 0.3 is 5.97 Å². The molecule has 1 unspecified atom stereocenters. The van der Waals surface area contributed by atoms with E-state index in [2.05, 4.69) is 10.2 Å². The number of nitrogens with one attached hydrogen (secondary N) is 1. The first-order valence-electron chi connectivity index (χ1n) is 4.78. The van der Waals surface area contributed by atoms with Crippen molar-refractivity contribution in [3.8, 4) is 0 Å². The molecule has 1 fully saturated rings. The highest BCUT2D eigenvalue weighted by Gasteiger charge is 2.23. The zero-order chi connectivity index (χ0) is 10.6. The van der Waals surface area contributed by atoms with Crippen LogP contribution in [0.15, 0.2) is 0 Å². The molecule has 14 heavy (non-hydrogen) atoms. The van der Waals surface area contributed by atoms with Crippen molar-refractivity contribution < 1.29 is 14.7 Å². The molecule has 1 amide bonds. The average molecular weight is 200 g/mol. The Bertz CT molecular complexity index is 230. The molecular formula is C9H16N2O3. The van der Waals surface area contributed by atoms with Crippen LogP contribution in [-0.4, -0.2) is 48.1 Å². The van der Waals surface area contributed by atoms with E-state index in [4.69, 9.17) is 5.11 Å². The van der Waals surface area contributed by atoms with Gasteiger partial charge in [0.2, 0.25) is 5.91 Å². The van der Waals surface area contributed by atoms with Gasteiger partial charge in [0, 0.05) is 12.5 Å². The van der Waals surface area contributed by atoms with E-state index in [0.29, 0.717) is 6.42 Å². The molecule has 0 spiro atoms. The summed E-state index contributed by atoms with van der Waals surface area (Å²) in [6.45, 7) is 0.742. The molecule has 1 atom stereocenters. The summed E-state index contributed by atoms with van der Waals surface area (Å²) in [5, 5.41) is 10.7. The summed E-state index contributed by atoms with van der Waals surface area (Å²) in [6, 6.07) is 0.281. The Balaban J connectivity index is 2.22. The summed E-state index contributed by atoms with van der Waals surface area (Å²) in [5.41, 5.74) is 0. The highest BCUT2D eigenvalue weighted by Crippen LogP contribution is 2.17. The van der Waals surface area contributed by atoms with Crippen LogP contribution in [0.25, 0.3) is 0 Å². The molecule has 80 valence electrons. The molecule has 0 radical (unpaired) electrons. The number of amides is 1. The van der Waals surface area contributed by atoms with E-state index < -0.39 is 5.97 Å². The van der Waals surface area contributed by atoms with Gasteiger partial charge in [0.1, 0.15) is 6.54 Å². The lowest BCUT2D eigenvalue weighted by Crippen LogP contribution is -2.35. The highest BCUT2D eigenvalue weighted by molar-refractivity contribution is 5.81. The predicted octanol–water partition coefficient (Wildman–Crippen LogP) is -0.328. The Morgan fingerprint density at radius 2 is 2.29 bits per heavy atom. The first kappa shape index (κ1) is 11.0. The van der Waals surface area contributed by atoms with Crippen LogP contribution in [0.1, 0.15) is 19.3 Å². The summed E-state index contributed by atoms with van der Waals surface area (Å²) >= 11 is 0. The number of hydrogen-bond donors (Lipinski definition) is 2. The molecule has 0 aromatic carbocycles. The van der Waals surface area contributed by atoms with Crippen LogP contribution in [0.5, 0.6) is 0 Å². The van der Waals surface area contributed by atoms with Crippen LogP contribution in [0.3, 0.4) is 0 Å². The van der Waals surface area contributed by atoms with Crippen molar-refractivity contribution in [2.24, 2.45) is 0 Å². The van der Waals surface area contributed by atoms with Gasteiger partial charge in [-0.05, 0) is 26.4 Å². The van der Waals surface area contributed by atoms with Gasteiger partial charge in [-0.15, -0.1) is 0 Å². The molecule has 5 heteroatoms. The molecule has 1 aliphatic rings. The predicted molar refractivity (Wildman–Crippen MR) is 50.9 cm³/mol. The summed E-state index contributed by atoms with van der Waals surface area (Å²) < 4.78 is 0. The molecule has 0 bridgehead atoms. The lowest BCUT2D eigenvalue weighted by molar-refractivity contribution is -0.138. The number of carbonyl (C=O) groups excluding carboxylic acids is 1. The zero-order valence-electron chi connectivity index (χ0n) is 8.32. The minimum absolute atomic E-state index is 0.175. The van der Waals surface area contributed by atoms with Gasteiger partial charge in [0.05, 0.1) is 0 Å². The van der Waals surface area contributed by atoms with Crippen molar-refractivity contribution in [3.63, 3.8) is 0 Å². The molecule has 1 rings (SSSR count). The van der Waals surface area contributed by atoms with Gasteiger partial charge in [-0.1, -0.05) is 0 Å². The number of carboxylic acids is 1. The molecule has 0 aliphatic carbocycles. The van der Waals surface area contributed by atoms with Gasteiger partial charge in [0.15, 0.2) is 0 Å². The largest absolute Gasteiger partial charge is 0.480 e. The van der Waals surface area contributed by atoms with E-state index in [1.54, 1.807) is 0 Å². The van der Waals surface area contributed by atoms with Crippen molar-refractivity contribution in [3.05, 3.63) is 0 Å². The van der Waals surface area contributed by atoms with Crippen LogP contribution < -0.4 is 5.32 Å². The van der Waals surface area contributed by atoms with E-state index >= 15 is 0 Å². The van der Waals surface area contributed by atoms with Crippen LogP contribution in [0.2, 0.25) is 0 Å². The van der Waals surface area contributed by atoms with E-state index in [1.807, 2.05) is 7.05 Å². The van der Waals surface area contributed by atoms with Crippen molar-refractivity contribution in [2.45, 2.75) is 25.3 Å². The summed E-state index contributed by atoms with van der Waals surface area (Å²) in [5.74, 6) is -1.18. The second-order valence-corrected chi connectivity index (χ2v) is 3.65. The quantitative estimate of drug-likeness (QED) is 0.652. The number of rotatable bonds is 4. The number of carbonyl (C=O) groups is 2. The molecule has 1 saturated heterocycles. The first-order valence-corrected chi connectivity index (χ1v) is 4.78. The number of carboxylic acid groups (broad SMARTS) is 1. The van der Waals surface area contributed by atoms with Gasteiger partial charge in [-0.3, -0.25) is 9.59 Å².